The Hall–Kier alpha value is -2.49. The number of pyridine rings is 1. The molecule has 100 valence electrons. The fraction of sp³-hybridized carbons (Fsp3) is 0.188. The lowest BCUT2D eigenvalue weighted by Crippen LogP contribution is -2.02. The van der Waals surface area contributed by atoms with E-state index in [0.717, 1.165) is 40.2 Å². The minimum absolute atomic E-state index is 0.814. The van der Waals surface area contributed by atoms with Crippen LogP contribution < -0.4 is 5.32 Å². The first-order valence-electron chi connectivity index (χ1n) is 6.70. The maximum absolute atomic E-state index is 4.52. The first kappa shape index (κ1) is 12.5. The van der Waals surface area contributed by atoms with Crippen molar-refractivity contribution in [1.29, 1.82) is 0 Å². The van der Waals surface area contributed by atoms with Crippen LogP contribution in [0.2, 0.25) is 0 Å². The molecule has 0 saturated heterocycles. The van der Waals surface area contributed by atoms with Crippen molar-refractivity contribution >= 4 is 16.7 Å². The molecule has 1 N–H and O–H groups in total. The third kappa shape index (κ3) is 2.32. The van der Waals surface area contributed by atoms with E-state index < -0.39 is 0 Å². The topological polar surface area (TPSA) is 50.7 Å². The van der Waals surface area contributed by atoms with Crippen LogP contribution in [0, 0.1) is 6.92 Å². The van der Waals surface area contributed by atoms with E-state index in [0.29, 0.717) is 0 Å². The average molecular weight is 264 g/mol. The lowest BCUT2D eigenvalue weighted by Gasteiger charge is -2.09. The van der Waals surface area contributed by atoms with Gasteiger partial charge in [-0.25, -0.2) is 4.98 Å². The number of nitrogens with zero attached hydrogens (tertiary/aromatic N) is 3. The van der Waals surface area contributed by atoms with Crippen LogP contribution in [-0.4, -0.2) is 21.5 Å². The van der Waals surface area contributed by atoms with Gasteiger partial charge in [-0.1, -0.05) is 12.1 Å². The first-order chi connectivity index (χ1) is 9.78. The number of hydrogen-bond donors (Lipinski definition) is 1. The Bertz CT molecular complexity index is 752. The first-order valence-corrected chi connectivity index (χ1v) is 6.70. The number of anilines is 1. The highest BCUT2D eigenvalue weighted by Crippen LogP contribution is 2.26. The zero-order valence-corrected chi connectivity index (χ0v) is 11.6. The second-order valence-electron chi connectivity index (χ2n) is 4.64. The highest BCUT2D eigenvalue weighted by Gasteiger charge is 2.08. The lowest BCUT2D eigenvalue weighted by molar-refractivity contribution is 1.12. The van der Waals surface area contributed by atoms with Crippen LogP contribution in [0.4, 0.5) is 5.82 Å². The zero-order valence-electron chi connectivity index (χ0n) is 11.6. The van der Waals surface area contributed by atoms with Gasteiger partial charge in [0.05, 0.1) is 5.52 Å². The molecule has 3 rings (SSSR count). The van der Waals surface area contributed by atoms with Crippen LogP contribution in [0.25, 0.3) is 22.2 Å². The fourth-order valence-corrected chi connectivity index (χ4v) is 2.22. The van der Waals surface area contributed by atoms with E-state index in [1.54, 1.807) is 12.4 Å². The molecule has 0 unspecified atom stereocenters. The van der Waals surface area contributed by atoms with Gasteiger partial charge in [0.15, 0.2) is 5.82 Å². The van der Waals surface area contributed by atoms with E-state index in [1.807, 2.05) is 32.0 Å². The summed E-state index contributed by atoms with van der Waals surface area (Å²) in [4.78, 5) is 13.3. The monoisotopic (exact) mass is 264 g/mol. The van der Waals surface area contributed by atoms with Gasteiger partial charge in [-0.3, -0.25) is 9.97 Å². The van der Waals surface area contributed by atoms with Gasteiger partial charge in [-0.15, -0.1) is 0 Å². The van der Waals surface area contributed by atoms with E-state index in [-0.39, 0.29) is 0 Å². The Kier molecular flexibility index (Phi) is 3.29. The van der Waals surface area contributed by atoms with Gasteiger partial charge < -0.3 is 5.32 Å². The van der Waals surface area contributed by atoms with Crippen LogP contribution in [-0.2, 0) is 0 Å². The molecule has 4 nitrogen and oxygen atoms in total. The molecule has 4 heteroatoms. The second kappa shape index (κ2) is 5.25. The Morgan fingerprint density at radius 2 is 1.90 bits per heavy atom. The summed E-state index contributed by atoms with van der Waals surface area (Å²) in [5, 5.41) is 4.35. The highest BCUT2D eigenvalue weighted by molar-refractivity contribution is 5.85. The minimum Gasteiger partial charge on any atom is -0.369 e. The summed E-state index contributed by atoms with van der Waals surface area (Å²) in [7, 11) is 0. The molecule has 1 aromatic carbocycles. The number of fused-ring (bicyclic) bond motifs is 1. The molecule has 0 amide bonds. The van der Waals surface area contributed by atoms with E-state index in [1.165, 1.54) is 0 Å². The third-order valence-electron chi connectivity index (χ3n) is 3.14. The molecule has 0 radical (unpaired) electrons. The largest absolute Gasteiger partial charge is 0.369 e. The summed E-state index contributed by atoms with van der Waals surface area (Å²) in [6.07, 6.45) is 3.42. The maximum atomic E-state index is 4.52. The van der Waals surface area contributed by atoms with E-state index >= 15 is 0 Å². The van der Waals surface area contributed by atoms with Crippen molar-refractivity contribution in [2.24, 2.45) is 0 Å². The van der Waals surface area contributed by atoms with Crippen molar-refractivity contribution < 1.29 is 0 Å². The molecule has 2 aromatic heterocycles. The SMILES string of the molecule is CCNc1nccnc1-c1ccc2nc(C)ccc2c1. The van der Waals surface area contributed by atoms with Gasteiger partial charge >= 0.3 is 0 Å². The molecular formula is C16H16N4. The number of rotatable bonds is 3. The summed E-state index contributed by atoms with van der Waals surface area (Å²) in [5.41, 5.74) is 3.95. The molecular weight excluding hydrogens is 248 g/mol. The summed E-state index contributed by atoms with van der Waals surface area (Å²) < 4.78 is 0. The number of nitrogens with one attached hydrogen (secondary N) is 1. The van der Waals surface area contributed by atoms with Crippen LogP contribution in [0.3, 0.4) is 0 Å². The van der Waals surface area contributed by atoms with Gasteiger partial charge in [-0.2, -0.15) is 0 Å². The molecule has 0 bridgehead atoms. The highest BCUT2D eigenvalue weighted by atomic mass is 15.0. The van der Waals surface area contributed by atoms with Crippen molar-refractivity contribution in [2.75, 3.05) is 11.9 Å². The fourth-order valence-electron chi connectivity index (χ4n) is 2.22. The van der Waals surface area contributed by atoms with Crippen molar-refractivity contribution in [2.45, 2.75) is 13.8 Å². The molecule has 0 atom stereocenters. The third-order valence-corrected chi connectivity index (χ3v) is 3.14. The quantitative estimate of drug-likeness (QED) is 0.787. The number of benzene rings is 1. The molecule has 0 saturated carbocycles. The van der Waals surface area contributed by atoms with E-state index in [9.17, 15) is 0 Å². The molecule has 0 aliphatic heterocycles. The zero-order chi connectivity index (χ0) is 13.9. The molecule has 20 heavy (non-hydrogen) atoms. The predicted molar refractivity (Wildman–Crippen MR) is 81.7 cm³/mol. The summed E-state index contributed by atoms with van der Waals surface area (Å²) in [5.74, 6) is 0.814. The van der Waals surface area contributed by atoms with Crippen LogP contribution in [0.1, 0.15) is 12.6 Å². The number of aryl methyl sites for hydroxylation is 1. The van der Waals surface area contributed by atoms with Crippen molar-refractivity contribution in [3.63, 3.8) is 0 Å². The number of hydrogen-bond acceptors (Lipinski definition) is 4. The van der Waals surface area contributed by atoms with Crippen LogP contribution >= 0.6 is 0 Å². The Balaban J connectivity index is 2.12. The summed E-state index contributed by atoms with van der Waals surface area (Å²) in [6, 6.07) is 10.3. The van der Waals surface area contributed by atoms with Gasteiger partial charge in [-0.05, 0) is 32.0 Å². The maximum Gasteiger partial charge on any atom is 0.152 e. The standard InChI is InChI=1S/C16H16N4/c1-3-17-16-15(18-8-9-19-16)13-6-7-14-12(10-13)5-4-11(2)20-14/h4-10H,3H2,1-2H3,(H,17,19). The minimum atomic E-state index is 0.814. The van der Waals surface area contributed by atoms with Gasteiger partial charge in [0.1, 0.15) is 5.69 Å². The van der Waals surface area contributed by atoms with E-state index in [2.05, 4.69) is 32.4 Å². The van der Waals surface area contributed by atoms with Crippen molar-refractivity contribution in [3.8, 4) is 11.3 Å². The Morgan fingerprint density at radius 3 is 2.75 bits per heavy atom. The van der Waals surface area contributed by atoms with Crippen molar-refractivity contribution in [1.82, 2.24) is 15.0 Å². The molecule has 3 aromatic rings. The molecule has 0 spiro atoms. The number of aromatic nitrogens is 3. The molecule has 0 aliphatic carbocycles. The lowest BCUT2D eigenvalue weighted by atomic mass is 10.1. The van der Waals surface area contributed by atoms with Crippen LogP contribution in [0.5, 0.6) is 0 Å². The van der Waals surface area contributed by atoms with Crippen LogP contribution in [0.15, 0.2) is 42.7 Å². The van der Waals surface area contributed by atoms with Gasteiger partial charge in [0, 0.05) is 35.6 Å². The summed E-state index contributed by atoms with van der Waals surface area (Å²) in [6.45, 7) is 4.87. The van der Waals surface area contributed by atoms with Gasteiger partial charge in [0.25, 0.3) is 0 Å². The average Bonchev–Trinajstić information content (AvgIpc) is 2.48. The normalized spacial score (nSPS) is 10.7. The van der Waals surface area contributed by atoms with Gasteiger partial charge in [0.2, 0.25) is 0 Å². The predicted octanol–water partition coefficient (Wildman–Crippen LogP) is 3.43. The smallest absolute Gasteiger partial charge is 0.152 e. The Labute approximate surface area is 117 Å². The molecule has 0 fully saturated rings. The second-order valence-corrected chi connectivity index (χ2v) is 4.64. The van der Waals surface area contributed by atoms with Crippen molar-refractivity contribution in [3.05, 3.63) is 48.4 Å². The molecule has 2 heterocycles. The van der Waals surface area contributed by atoms with E-state index in [4.69, 9.17) is 0 Å². The molecule has 0 aliphatic rings. The summed E-state index contributed by atoms with van der Waals surface area (Å²) >= 11 is 0. The Morgan fingerprint density at radius 1 is 1.05 bits per heavy atom.